The molecule has 3 aliphatic heterocycles. The van der Waals surface area contributed by atoms with Crippen LogP contribution in [0.2, 0.25) is 0 Å². The number of nitrogen functional groups attached to an aromatic ring is 1. The van der Waals surface area contributed by atoms with Crippen molar-refractivity contribution in [3.05, 3.63) is 99.4 Å². The van der Waals surface area contributed by atoms with E-state index in [0.717, 1.165) is 32.8 Å². The number of hydrogen-bond donors (Lipinski definition) is 5. The quantitative estimate of drug-likeness (QED) is 0.00933. The number of phosphoric acid groups is 1. The number of ketones is 1. The molecule has 0 aliphatic carbocycles. The first-order valence-corrected chi connectivity index (χ1v) is 22.8. The van der Waals surface area contributed by atoms with Gasteiger partial charge in [0.25, 0.3) is 13.5 Å². The lowest BCUT2D eigenvalue weighted by Gasteiger charge is -2.23. The number of fused-ring (bicyclic) bond motifs is 2. The van der Waals surface area contributed by atoms with Crippen molar-refractivity contribution in [2.45, 2.75) is 74.1 Å². The summed E-state index contributed by atoms with van der Waals surface area (Å²) < 4.78 is 102. The number of phosphoric ester groups is 1. The van der Waals surface area contributed by atoms with E-state index in [-0.39, 0.29) is 35.4 Å². The number of ether oxygens (including phenoxy) is 4. The number of aliphatic hydroxyl groups excluding tert-OH is 2. The Bertz CT molecular complexity index is 2520. The molecular formula is C39H48F5N11O14PS-. The number of rotatable bonds is 15. The lowest BCUT2D eigenvalue weighted by Crippen LogP contribution is -2.36. The van der Waals surface area contributed by atoms with Gasteiger partial charge in [0.15, 0.2) is 23.4 Å². The maximum Gasteiger partial charge on any atom is 0.315 e. The van der Waals surface area contributed by atoms with Gasteiger partial charge >= 0.3 is 6.03 Å². The lowest BCUT2D eigenvalue weighted by molar-refractivity contribution is -0.384. The molecule has 2 aromatic heterocycles. The van der Waals surface area contributed by atoms with E-state index in [1.165, 1.54) is 49.7 Å². The molecule has 2 amide bonds. The Hall–Kier alpha value is -6.43. The Labute approximate surface area is 404 Å². The predicted octanol–water partition coefficient (Wildman–Crippen LogP) is 4.52. The minimum atomic E-state index is -4.48. The number of Topliss-reactive ketones (excluding diaryl/α,β-unsaturated/α-hetero) is 1. The first-order valence-electron chi connectivity index (χ1n) is 20.3. The first kappa shape index (κ1) is 58.9. The van der Waals surface area contributed by atoms with Gasteiger partial charge in [0.05, 0.1) is 63.6 Å². The molecule has 3 unspecified atom stereocenters. The van der Waals surface area contributed by atoms with Gasteiger partial charge in [-0.15, -0.1) is 0 Å². The van der Waals surface area contributed by atoms with Gasteiger partial charge in [-0.05, 0) is 37.4 Å². The Morgan fingerprint density at radius 3 is 2.24 bits per heavy atom. The summed E-state index contributed by atoms with van der Waals surface area (Å²) in [6, 6.07) is 5.68. The maximum absolute atomic E-state index is 12.6. The molecule has 4 aromatic rings. The SMILES string of the molecule is C=COC.CC(=O)C(CCC[C@@H]1SC[C@@H]2NC(=O)N[C@@H]21)N=[N+]=[N-].COP(=O)([O-])OC[C@H]1O[C@@H](n2cnc3c(N)ncnc32)[C@@H](O)C1O.COc1c(F)c(F)c(F)c(F)c1F.COc1ccc([N+](=O)[O-])cc1. The monoisotopic (exact) mass is 1050 g/mol. The molecule has 3 fully saturated rings. The van der Waals surface area contributed by atoms with E-state index in [0.29, 0.717) is 28.6 Å². The molecule has 3 saturated heterocycles. The molecule has 9 atom stereocenters. The number of nitrogens with two attached hydrogens (primary N) is 1. The van der Waals surface area contributed by atoms with Crippen LogP contribution in [0.25, 0.3) is 21.6 Å². The van der Waals surface area contributed by atoms with Crippen molar-refractivity contribution in [3.63, 3.8) is 0 Å². The number of aliphatic hydroxyl groups is 2. The van der Waals surface area contributed by atoms with E-state index in [1.54, 1.807) is 19.2 Å². The van der Waals surface area contributed by atoms with Crippen molar-refractivity contribution < 1.29 is 84.1 Å². The summed E-state index contributed by atoms with van der Waals surface area (Å²) in [6.45, 7) is 4.18. The third-order valence-corrected chi connectivity index (χ3v) is 12.4. The Kier molecular flexibility index (Phi) is 23.1. The molecule has 0 saturated carbocycles. The number of nitro groups is 1. The number of azide groups is 1. The zero-order valence-electron chi connectivity index (χ0n) is 38.1. The van der Waals surface area contributed by atoms with Gasteiger partial charge in [0.2, 0.25) is 29.1 Å². The number of thioether (sulfide) groups is 1. The number of nitrogens with one attached hydrogen (secondary N) is 2. The number of nitro benzene ring substituents is 1. The number of carbonyl (C=O) groups is 2. The molecular weight excluding hydrogens is 1000 g/mol. The number of anilines is 1. The zero-order valence-corrected chi connectivity index (χ0v) is 39.8. The van der Waals surface area contributed by atoms with E-state index in [1.807, 2.05) is 11.8 Å². The minimum Gasteiger partial charge on any atom is -0.756 e. The second-order valence-corrected chi connectivity index (χ2v) is 17.2. The minimum absolute atomic E-state index is 0.0748. The second kappa shape index (κ2) is 27.8. The van der Waals surface area contributed by atoms with Crippen molar-refractivity contribution in [3.8, 4) is 11.5 Å². The van der Waals surface area contributed by atoms with E-state index < -0.39 is 84.8 Å². The van der Waals surface area contributed by atoms with Crippen LogP contribution in [0.15, 0.2) is 54.9 Å². The Morgan fingerprint density at radius 2 is 1.70 bits per heavy atom. The number of non-ortho nitro benzene ring substituents is 1. The Balaban J connectivity index is 0.000000254. The van der Waals surface area contributed by atoms with Gasteiger partial charge in [-0.2, -0.15) is 20.5 Å². The fourth-order valence-electron chi connectivity index (χ4n) is 6.40. The van der Waals surface area contributed by atoms with Crippen molar-refractivity contribution in [2.24, 2.45) is 5.11 Å². The zero-order chi connectivity index (χ0) is 53.2. The van der Waals surface area contributed by atoms with Crippen LogP contribution in [0.1, 0.15) is 32.4 Å². The molecule has 390 valence electrons. The lowest BCUT2D eigenvalue weighted by atomic mass is 10.0. The topological polar surface area (TPSA) is 356 Å². The van der Waals surface area contributed by atoms with Gasteiger partial charge in [-0.1, -0.05) is 18.1 Å². The van der Waals surface area contributed by atoms with Crippen molar-refractivity contribution >= 4 is 54.1 Å². The number of urea groups is 1. The highest BCUT2D eigenvalue weighted by Gasteiger charge is 2.45. The molecule has 0 bridgehead atoms. The second-order valence-electron chi connectivity index (χ2n) is 14.4. The fraction of sp³-hybridized carbons (Fsp3) is 0.462. The molecule has 0 spiro atoms. The number of hydrogen-bond acceptors (Lipinski definition) is 20. The summed E-state index contributed by atoms with van der Waals surface area (Å²) in [7, 11) is 0.348. The number of amides is 2. The highest BCUT2D eigenvalue weighted by atomic mass is 32.2. The molecule has 71 heavy (non-hydrogen) atoms. The van der Waals surface area contributed by atoms with Crippen LogP contribution in [0.5, 0.6) is 11.5 Å². The van der Waals surface area contributed by atoms with E-state index in [2.05, 4.69) is 60.7 Å². The average Bonchev–Trinajstić information content (AvgIpc) is 4.13. The molecule has 7 rings (SSSR count). The summed E-state index contributed by atoms with van der Waals surface area (Å²) in [4.78, 5) is 58.0. The summed E-state index contributed by atoms with van der Waals surface area (Å²) in [5, 5.41) is 40.1. The van der Waals surface area contributed by atoms with Crippen molar-refractivity contribution in [1.29, 1.82) is 0 Å². The molecule has 6 N–H and O–H groups in total. The third-order valence-electron chi connectivity index (χ3n) is 10.0. The van der Waals surface area contributed by atoms with E-state index >= 15 is 0 Å². The fourth-order valence-corrected chi connectivity index (χ4v) is 8.38. The summed E-state index contributed by atoms with van der Waals surface area (Å²) in [6.07, 6.45) is 1.34. The van der Waals surface area contributed by atoms with Gasteiger partial charge in [-0.3, -0.25) is 24.0 Å². The van der Waals surface area contributed by atoms with Crippen LogP contribution in [0.4, 0.5) is 38.3 Å². The summed E-state index contributed by atoms with van der Waals surface area (Å²) >= 11 is 1.84. The highest BCUT2D eigenvalue weighted by Crippen LogP contribution is 2.40. The van der Waals surface area contributed by atoms with Crippen LogP contribution >= 0.6 is 19.6 Å². The average molecular weight is 1050 g/mol. The number of carbonyl (C=O) groups excluding carboxylic acids is 2. The molecule has 32 heteroatoms. The van der Waals surface area contributed by atoms with Gasteiger partial charge in [-0.25, -0.2) is 32.9 Å². The molecule has 25 nitrogen and oxygen atoms in total. The molecule has 5 heterocycles. The van der Waals surface area contributed by atoms with Crippen molar-refractivity contribution in [2.75, 3.05) is 46.5 Å². The van der Waals surface area contributed by atoms with Gasteiger partial charge < -0.3 is 59.5 Å². The number of halogens is 5. The van der Waals surface area contributed by atoms with Gasteiger partial charge in [0.1, 0.15) is 41.7 Å². The maximum atomic E-state index is 12.6. The molecule has 0 radical (unpaired) electrons. The van der Waals surface area contributed by atoms with E-state index in [9.17, 15) is 61.3 Å². The number of aromatic nitrogens is 4. The third kappa shape index (κ3) is 16.0. The standard InChI is InChI=1S/C11H16N5O7P.C11H17N5O2S.C7H3F5O.C7H7NO3.C3H6O/c1-21-24(19,20)22-2-5-7(17)8(18)11(23-5)16-4-15-6-9(12)13-3-14-10(6)16;1-6(17)7(15-16-12)3-2-4-9-10-8(5-19-9)13-11(18)14-10;1-13-7-5(11)3(9)2(8)4(10)6(7)12;1-11-7-4-2-6(3-5-7)8(9)10;1-3-4-2/h3-5,7-8,11,17-18H,2H2,1H3,(H,19,20)(H2,12,13,14);7-10H,2-5H2,1H3,(H2,13,14,18);1H3;2-5H,1H3;3H,1H2,2H3/p-1/t5-,7?,8+,11-;7?,8-,9-,10-;;;/m10.../s1. The first-order chi connectivity index (χ1) is 33.6. The normalized spacial score (nSPS) is 21.7. The highest BCUT2D eigenvalue weighted by molar-refractivity contribution is 8.00. The van der Waals surface area contributed by atoms with Crippen LogP contribution in [-0.2, 0) is 27.9 Å². The molecule has 3 aliphatic rings. The number of benzene rings is 2. The number of nitrogens with zero attached hydrogens (tertiary/aromatic N) is 8. The van der Waals surface area contributed by atoms with Crippen molar-refractivity contribution in [1.82, 2.24) is 30.2 Å². The van der Waals surface area contributed by atoms with Crippen LogP contribution in [0, 0.1) is 39.2 Å². The van der Waals surface area contributed by atoms with Crippen LogP contribution in [0.3, 0.4) is 0 Å². The largest absolute Gasteiger partial charge is 0.756 e. The summed E-state index contributed by atoms with van der Waals surface area (Å²) in [5.74, 6) is -9.85. The Morgan fingerprint density at radius 1 is 1.08 bits per heavy atom. The molecule has 2 aromatic carbocycles. The smallest absolute Gasteiger partial charge is 0.315 e. The van der Waals surface area contributed by atoms with E-state index in [4.69, 9.17) is 20.7 Å². The number of imidazole rings is 1. The predicted molar refractivity (Wildman–Crippen MR) is 239 cm³/mol. The van der Waals surface area contributed by atoms with Gasteiger partial charge in [0, 0.05) is 35.2 Å². The van der Waals surface area contributed by atoms with Crippen LogP contribution < -0.4 is 30.7 Å². The summed E-state index contributed by atoms with van der Waals surface area (Å²) in [5.41, 5.74) is 14.8. The number of methoxy groups -OCH3 is 3. The van der Waals surface area contributed by atoms with Crippen LogP contribution in [-0.4, -0.2) is 129 Å².